The summed E-state index contributed by atoms with van der Waals surface area (Å²) < 4.78 is 16.9. The molecule has 0 fully saturated rings. The number of methoxy groups -OCH3 is 3. The van der Waals surface area contributed by atoms with Crippen molar-refractivity contribution < 1.29 is 14.2 Å². The van der Waals surface area contributed by atoms with Crippen LogP contribution in [-0.4, -0.2) is 42.2 Å². The monoisotopic (exact) mass is 378 g/mol. The van der Waals surface area contributed by atoms with Gasteiger partial charge in [-0.3, -0.25) is 4.79 Å². The topological polar surface area (TPSA) is 90.7 Å². The fourth-order valence-electron chi connectivity index (χ4n) is 3.00. The van der Waals surface area contributed by atoms with E-state index in [4.69, 9.17) is 14.2 Å². The van der Waals surface area contributed by atoms with Gasteiger partial charge in [0, 0.05) is 11.5 Å². The lowest BCUT2D eigenvalue weighted by Crippen LogP contribution is -2.17. The van der Waals surface area contributed by atoms with Gasteiger partial charge in [-0.2, -0.15) is 9.78 Å². The second-order valence-corrected chi connectivity index (χ2v) is 6.01. The number of fused-ring (bicyclic) bond motifs is 3. The Bertz CT molecular complexity index is 1260. The van der Waals surface area contributed by atoms with Crippen molar-refractivity contribution in [2.45, 2.75) is 0 Å². The molecular weight excluding hydrogens is 360 g/mol. The van der Waals surface area contributed by atoms with Gasteiger partial charge in [0.2, 0.25) is 0 Å². The molecule has 0 radical (unpaired) electrons. The molecule has 28 heavy (non-hydrogen) atoms. The Kier molecular flexibility index (Phi) is 4.44. The Labute approximate surface area is 160 Å². The summed E-state index contributed by atoms with van der Waals surface area (Å²) in [5.74, 6) is 1.90. The normalized spacial score (nSPS) is 11.4. The molecule has 0 aliphatic carbocycles. The highest BCUT2D eigenvalue weighted by Crippen LogP contribution is 2.27. The molecule has 2 heterocycles. The van der Waals surface area contributed by atoms with Crippen molar-refractivity contribution >= 4 is 28.2 Å². The van der Waals surface area contributed by atoms with E-state index in [1.54, 1.807) is 39.7 Å². The molecule has 0 spiro atoms. The summed E-state index contributed by atoms with van der Waals surface area (Å²) in [5.41, 5.74) is 2.22. The van der Waals surface area contributed by atoms with Crippen LogP contribution in [0, 0.1) is 0 Å². The first kappa shape index (κ1) is 17.6. The quantitative estimate of drug-likeness (QED) is 0.539. The zero-order chi connectivity index (χ0) is 19.7. The fraction of sp³-hybridized carbons (Fsp3) is 0.150. The highest BCUT2D eigenvalue weighted by atomic mass is 16.5. The van der Waals surface area contributed by atoms with Gasteiger partial charge in [-0.1, -0.05) is 0 Å². The minimum Gasteiger partial charge on any atom is -0.497 e. The maximum absolute atomic E-state index is 12.8. The molecule has 0 amide bonds. The standard InChI is InChI=1S/C20H18N4O4/c1-26-13-5-6-14-15(9-13)23-19-18(14)21-11-24(20(19)25)22-10-12-4-7-16(27-2)17(8-12)28-3/h4-11,23H,1-3H3. The zero-order valence-electron chi connectivity index (χ0n) is 15.6. The number of aromatic nitrogens is 3. The largest absolute Gasteiger partial charge is 0.497 e. The van der Waals surface area contributed by atoms with Crippen molar-refractivity contribution in [3.8, 4) is 17.2 Å². The van der Waals surface area contributed by atoms with Crippen molar-refractivity contribution in [3.63, 3.8) is 0 Å². The van der Waals surface area contributed by atoms with E-state index in [1.165, 1.54) is 11.0 Å². The molecule has 1 N–H and O–H groups in total. The van der Waals surface area contributed by atoms with E-state index >= 15 is 0 Å². The average Bonchev–Trinajstić information content (AvgIpc) is 3.11. The van der Waals surface area contributed by atoms with Gasteiger partial charge >= 0.3 is 0 Å². The predicted octanol–water partition coefficient (Wildman–Crippen LogP) is 2.79. The van der Waals surface area contributed by atoms with E-state index < -0.39 is 0 Å². The highest BCUT2D eigenvalue weighted by molar-refractivity contribution is 6.04. The molecule has 2 aromatic carbocycles. The van der Waals surface area contributed by atoms with E-state index in [-0.39, 0.29) is 5.56 Å². The van der Waals surface area contributed by atoms with E-state index in [0.29, 0.717) is 28.3 Å². The Morgan fingerprint density at radius 1 is 1.04 bits per heavy atom. The zero-order valence-corrected chi connectivity index (χ0v) is 15.6. The van der Waals surface area contributed by atoms with Crippen LogP contribution in [0.2, 0.25) is 0 Å². The van der Waals surface area contributed by atoms with Crippen LogP contribution in [0.5, 0.6) is 17.2 Å². The van der Waals surface area contributed by atoms with Crippen LogP contribution < -0.4 is 19.8 Å². The summed E-state index contributed by atoms with van der Waals surface area (Å²) in [4.78, 5) is 20.3. The molecule has 142 valence electrons. The first-order chi connectivity index (χ1) is 13.6. The van der Waals surface area contributed by atoms with Crippen molar-refractivity contribution in [3.05, 3.63) is 58.6 Å². The Morgan fingerprint density at radius 2 is 1.86 bits per heavy atom. The maximum Gasteiger partial charge on any atom is 0.298 e. The first-order valence-electron chi connectivity index (χ1n) is 8.48. The van der Waals surface area contributed by atoms with Gasteiger partial charge in [0.1, 0.15) is 23.1 Å². The molecule has 0 saturated heterocycles. The molecule has 4 aromatic rings. The predicted molar refractivity (Wildman–Crippen MR) is 107 cm³/mol. The fourth-order valence-corrected chi connectivity index (χ4v) is 3.00. The van der Waals surface area contributed by atoms with Crippen LogP contribution in [-0.2, 0) is 0 Å². The number of ether oxygens (including phenoxy) is 3. The van der Waals surface area contributed by atoms with Crippen LogP contribution in [0.25, 0.3) is 21.9 Å². The Hall–Kier alpha value is -3.81. The second-order valence-electron chi connectivity index (χ2n) is 6.01. The molecule has 8 heteroatoms. The molecule has 0 unspecified atom stereocenters. The van der Waals surface area contributed by atoms with Gasteiger partial charge in [-0.15, -0.1) is 0 Å². The Morgan fingerprint density at radius 3 is 2.61 bits per heavy atom. The van der Waals surface area contributed by atoms with Gasteiger partial charge in [0.15, 0.2) is 11.5 Å². The van der Waals surface area contributed by atoms with E-state index in [2.05, 4.69) is 15.1 Å². The summed E-state index contributed by atoms with van der Waals surface area (Å²) >= 11 is 0. The molecule has 0 atom stereocenters. The van der Waals surface area contributed by atoms with Gasteiger partial charge in [0.05, 0.1) is 33.1 Å². The molecular formula is C20H18N4O4. The van der Waals surface area contributed by atoms with Crippen molar-refractivity contribution in [2.24, 2.45) is 5.10 Å². The average molecular weight is 378 g/mol. The third kappa shape index (κ3) is 2.94. The van der Waals surface area contributed by atoms with Crippen LogP contribution in [0.3, 0.4) is 0 Å². The van der Waals surface area contributed by atoms with Crippen LogP contribution >= 0.6 is 0 Å². The number of hydrogen-bond donors (Lipinski definition) is 1. The van der Waals surface area contributed by atoms with E-state index in [9.17, 15) is 4.79 Å². The van der Waals surface area contributed by atoms with Gasteiger partial charge in [0.25, 0.3) is 5.56 Å². The molecule has 4 rings (SSSR count). The number of aromatic amines is 1. The molecule has 0 saturated carbocycles. The SMILES string of the molecule is COc1ccc2c(c1)[nH]c1c(=O)n(N=Cc3ccc(OC)c(OC)c3)cnc12. The van der Waals surface area contributed by atoms with Crippen molar-refractivity contribution in [1.82, 2.24) is 14.6 Å². The number of H-pyrrole nitrogens is 1. The van der Waals surface area contributed by atoms with Gasteiger partial charge < -0.3 is 19.2 Å². The minimum absolute atomic E-state index is 0.295. The minimum atomic E-state index is -0.295. The number of benzene rings is 2. The Balaban J connectivity index is 1.75. The van der Waals surface area contributed by atoms with Crippen molar-refractivity contribution in [2.75, 3.05) is 21.3 Å². The van der Waals surface area contributed by atoms with E-state index in [1.807, 2.05) is 24.3 Å². The number of nitrogens with zero attached hydrogens (tertiary/aromatic N) is 3. The number of nitrogens with one attached hydrogen (secondary N) is 1. The number of rotatable bonds is 5. The molecule has 8 nitrogen and oxygen atoms in total. The lowest BCUT2D eigenvalue weighted by molar-refractivity contribution is 0.355. The van der Waals surface area contributed by atoms with E-state index in [0.717, 1.165) is 16.5 Å². The van der Waals surface area contributed by atoms with Crippen LogP contribution in [0.4, 0.5) is 0 Å². The van der Waals surface area contributed by atoms with Crippen LogP contribution in [0.15, 0.2) is 52.6 Å². The van der Waals surface area contributed by atoms with Crippen molar-refractivity contribution in [1.29, 1.82) is 0 Å². The molecule has 2 aromatic heterocycles. The summed E-state index contributed by atoms with van der Waals surface area (Å²) in [5, 5.41) is 5.09. The van der Waals surface area contributed by atoms with Gasteiger partial charge in [-0.05, 0) is 35.9 Å². The smallest absolute Gasteiger partial charge is 0.298 e. The molecule has 0 aliphatic heterocycles. The summed E-state index contributed by atoms with van der Waals surface area (Å²) in [6.07, 6.45) is 2.96. The first-order valence-corrected chi connectivity index (χ1v) is 8.48. The highest BCUT2D eigenvalue weighted by Gasteiger charge is 2.11. The van der Waals surface area contributed by atoms with Crippen LogP contribution in [0.1, 0.15) is 5.56 Å². The lowest BCUT2D eigenvalue weighted by atomic mass is 10.2. The third-order valence-corrected chi connectivity index (χ3v) is 4.44. The van der Waals surface area contributed by atoms with Gasteiger partial charge in [-0.25, -0.2) is 4.98 Å². The summed E-state index contributed by atoms with van der Waals surface area (Å²) in [7, 11) is 4.73. The molecule has 0 bridgehead atoms. The second kappa shape index (κ2) is 7.07. The summed E-state index contributed by atoms with van der Waals surface area (Å²) in [6, 6.07) is 10.9. The number of hydrogen-bond acceptors (Lipinski definition) is 6. The third-order valence-electron chi connectivity index (χ3n) is 4.44. The maximum atomic E-state index is 12.8. The summed E-state index contributed by atoms with van der Waals surface area (Å²) in [6.45, 7) is 0. The molecule has 0 aliphatic rings. The lowest BCUT2D eigenvalue weighted by Gasteiger charge is -2.07.